The van der Waals surface area contributed by atoms with Crippen molar-refractivity contribution < 1.29 is 9.53 Å². The van der Waals surface area contributed by atoms with Gasteiger partial charge >= 0.3 is 6.03 Å². The molecule has 0 bridgehead atoms. The Labute approximate surface area is 128 Å². The molecule has 0 spiro atoms. The quantitative estimate of drug-likeness (QED) is 0.688. The second-order valence-corrected chi connectivity index (χ2v) is 6.81. The summed E-state index contributed by atoms with van der Waals surface area (Å²) in [6.45, 7) is 2.89. The van der Waals surface area contributed by atoms with Crippen LogP contribution in [-0.4, -0.2) is 32.3 Å². The summed E-state index contributed by atoms with van der Waals surface area (Å²) in [5, 5.41) is 5.66. The Bertz CT molecular complexity index is 421. The van der Waals surface area contributed by atoms with Crippen molar-refractivity contribution in [1.29, 1.82) is 0 Å². The van der Waals surface area contributed by atoms with Gasteiger partial charge in [-0.3, -0.25) is 0 Å². The van der Waals surface area contributed by atoms with E-state index in [1.54, 1.807) is 11.3 Å². The summed E-state index contributed by atoms with van der Waals surface area (Å²) in [6, 6.07) is 3.75. The minimum absolute atomic E-state index is 0.116. The fourth-order valence-electron chi connectivity index (χ4n) is 1.76. The third kappa shape index (κ3) is 6.59. The van der Waals surface area contributed by atoms with Crippen LogP contribution in [0.2, 0.25) is 4.34 Å². The maximum absolute atomic E-state index is 11.5. The van der Waals surface area contributed by atoms with Crippen molar-refractivity contribution in [3.63, 3.8) is 0 Å². The molecule has 0 unspecified atom stereocenters. The molecule has 4 nitrogen and oxygen atoms in total. The molecule has 0 saturated heterocycles. The number of nitrogens with one attached hydrogen (secondary N) is 2. The Morgan fingerprint density at radius 3 is 2.85 bits per heavy atom. The third-order valence-electron chi connectivity index (χ3n) is 3.09. The van der Waals surface area contributed by atoms with Gasteiger partial charge in [0.2, 0.25) is 0 Å². The molecule has 1 aromatic heterocycles. The summed E-state index contributed by atoms with van der Waals surface area (Å²) >= 11 is 7.39. The normalized spacial score (nSPS) is 14.2. The van der Waals surface area contributed by atoms with Crippen LogP contribution in [0.15, 0.2) is 12.1 Å². The van der Waals surface area contributed by atoms with Gasteiger partial charge in [-0.1, -0.05) is 11.6 Å². The molecule has 2 rings (SSSR count). The van der Waals surface area contributed by atoms with Gasteiger partial charge in [0.1, 0.15) is 0 Å². The van der Waals surface area contributed by atoms with E-state index < -0.39 is 0 Å². The first-order valence-corrected chi connectivity index (χ1v) is 8.27. The predicted octanol–water partition coefficient (Wildman–Crippen LogP) is 3.06. The number of amides is 2. The number of carbonyl (C=O) groups is 1. The summed E-state index contributed by atoms with van der Waals surface area (Å²) < 4.78 is 6.29. The molecule has 6 heteroatoms. The third-order valence-corrected chi connectivity index (χ3v) is 4.38. The zero-order valence-electron chi connectivity index (χ0n) is 11.5. The smallest absolute Gasteiger partial charge is 0.314 e. The van der Waals surface area contributed by atoms with Crippen LogP contribution in [-0.2, 0) is 11.2 Å². The molecular weight excluding hydrogens is 296 g/mol. The standard InChI is InChI=1S/C14H21ClN2O2S/c15-13-5-4-12(20-13)6-8-17-14(18)16-7-1-9-19-10-11-2-3-11/h4-5,11H,1-3,6-10H2,(H2,16,17,18). The molecule has 0 atom stereocenters. The Hall–Kier alpha value is -0.780. The van der Waals surface area contributed by atoms with E-state index in [4.69, 9.17) is 16.3 Å². The Balaban J connectivity index is 1.41. The van der Waals surface area contributed by atoms with Crippen molar-refractivity contribution in [2.24, 2.45) is 5.92 Å². The molecule has 1 saturated carbocycles. The minimum atomic E-state index is -0.116. The van der Waals surface area contributed by atoms with Gasteiger partial charge in [0.25, 0.3) is 0 Å². The molecule has 2 amide bonds. The highest BCUT2D eigenvalue weighted by atomic mass is 35.5. The van der Waals surface area contributed by atoms with Crippen molar-refractivity contribution in [3.05, 3.63) is 21.3 Å². The van der Waals surface area contributed by atoms with Gasteiger partial charge in [-0.15, -0.1) is 11.3 Å². The minimum Gasteiger partial charge on any atom is -0.381 e. The number of ether oxygens (including phenoxy) is 1. The highest BCUT2D eigenvalue weighted by Gasteiger charge is 2.20. The maximum Gasteiger partial charge on any atom is 0.314 e. The highest BCUT2D eigenvalue weighted by molar-refractivity contribution is 7.16. The molecular formula is C14H21ClN2O2S. The molecule has 20 heavy (non-hydrogen) atoms. The molecule has 0 aromatic carbocycles. The number of hydrogen-bond acceptors (Lipinski definition) is 3. The molecule has 1 aromatic rings. The van der Waals surface area contributed by atoms with E-state index in [1.165, 1.54) is 17.7 Å². The molecule has 1 aliphatic carbocycles. The van der Waals surface area contributed by atoms with Crippen molar-refractivity contribution in [3.8, 4) is 0 Å². The lowest BCUT2D eigenvalue weighted by Gasteiger charge is -2.07. The summed E-state index contributed by atoms with van der Waals surface area (Å²) in [5.74, 6) is 0.803. The van der Waals surface area contributed by atoms with E-state index in [0.717, 1.165) is 36.3 Å². The number of urea groups is 1. The number of halogens is 1. The van der Waals surface area contributed by atoms with Crippen LogP contribution < -0.4 is 10.6 Å². The van der Waals surface area contributed by atoms with Crippen molar-refractivity contribution in [1.82, 2.24) is 10.6 Å². The largest absolute Gasteiger partial charge is 0.381 e. The summed E-state index contributed by atoms with van der Waals surface area (Å²) in [7, 11) is 0. The lowest BCUT2D eigenvalue weighted by molar-refractivity contribution is 0.122. The fraction of sp³-hybridized carbons (Fsp3) is 0.643. The van der Waals surface area contributed by atoms with E-state index in [9.17, 15) is 4.79 Å². The lowest BCUT2D eigenvalue weighted by Crippen LogP contribution is -2.37. The van der Waals surface area contributed by atoms with Crippen LogP contribution in [0.25, 0.3) is 0 Å². The molecule has 0 radical (unpaired) electrons. The van der Waals surface area contributed by atoms with E-state index >= 15 is 0 Å². The Morgan fingerprint density at radius 1 is 1.35 bits per heavy atom. The second-order valence-electron chi connectivity index (χ2n) is 5.01. The van der Waals surface area contributed by atoms with E-state index in [2.05, 4.69) is 10.6 Å². The molecule has 112 valence electrons. The van der Waals surface area contributed by atoms with Crippen LogP contribution >= 0.6 is 22.9 Å². The van der Waals surface area contributed by atoms with Gasteiger partial charge in [0.15, 0.2) is 0 Å². The van der Waals surface area contributed by atoms with Gasteiger partial charge in [-0.05, 0) is 43.7 Å². The van der Waals surface area contributed by atoms with Crippen molar-refractivity contribution in [2.75, 3.05) is 26.3 Å². The number of rotatable bonds is 9. The van der Waals surface area contributed by atoms with Gasteiger partial charge in [0, 0.05) is 31.2 Å². The van der Waals surface area contributed by atoms with Crippen LogP contribution in [0.5, 0.6) is 0 Å². The summed E-state index contributed by atoms with van der Waals surface area (Å²) in [4.78, 5) is 12.7. The Kier molecular flexibility index (Phi) is 6.63. The zero-order chi connectivity index (χ0) is 14.2. The first-order chi connectivity index (χ1) is 9.74. The SMILES string of the molecule is O=C(NCCCOCC1CC1)NCCc1ccc(Cl)s1. The molecule has 1 fully saturated rings. The molecule has 2 N–H and O–H groups in total. The van der Waals surface area contributed by atoms with Gasteiger partial charge in [0.05, 0.1) is 4.34 Å². The second kappa shape index (κ2) is 8.49. The lowest BCUT2D eigenvalue weighted by atomic mass is 10.3. The van der Waals surface area contributed by atoms with E-state index in [-0.39, 0.29) is 6.03 Å². The van der Waals surface area contributed by atoms with E-state index in [1.807, 2.05) is 12.1 Å². The Morgan fingerprint density at radius 2 is 2.15 bits per heavy atom. The number of carbonyl (C=O) groups excluding carboxylic acids is 1. The molecule has 1 heterocycles. The van der Waals surface area contributed by atoms with Crippen LogP contribution in [0, 0.1) is 5.92 Å². The van der Waals surface area contributed by atoms with Crippen LogP contribution in [0.1, 0.15) is 24.1 Å². The first-order valence-electron chi connectivity index (χ1n) is 7.07. The zero-order valence-corrected chi connectivity index (χ0v) is 13.1. The first kappa shape index (κ1) is 15.6. The monoisotopic (exact) mass is 316 g/mol. The predicted molar refractivity (Wildman–Crippen MR) is 82.6 cm³/mol. The highest BCUT2D eigenvalue weighted by Crippen LogP contribution is 2.28. The average Bonchev–Trinajstić information content (AvgIpc) is 3.16. The fourth-order valence-corrected chi connectivity index (χ4v) is 2.85. The number of hydrogen-bond donors (Lipinski definition) is 2. The maximum atomic E-state index is 11.5. The van der Waals surface area contributed by atoms with E-state index in [0.29, 0.717) is 13.1 Å². The summed E-state index contributed by atoms with van der Waals surface area (Å²) in [6.07, 6.45) is 4.31. The summed E-state index contributed by atoms with van der Waals surface area (Å²) in [5.41, 5.74) is 0. The van der Waals surface area contributed by atoms with Crippen molar-refractivity contribution in [2.45, 2.75) is 25.7 Å². The topological polar surface area (TPSA) is 50.4 Å². The average molecular weight is 317 g/mol. The molecule has 1 aliphatic rings. The number of thiophene rings is 1. The van der Waals surface area contributed by atoms with Crippen LogP contribution in [0.4, 0.5) is 4.79 Å². The van der Waals surface area contributed by atoms with Gasteiger partial charge in [-0.2, -0.15) is 0 Å². The van der Waals surface area contributed by atoms with Gasteiger partial charge in [-0.25, -0.2) is 4.79 Å². The van der Waals surface area contributed by atoms with Crippen LogP contribution in [0.3, 0.4) is 0 Å². The van der Waals surface area contributed by atoms with Crippen molar-refractivity contribution >= 4 is 29.0 Å². The van der Waals surface area contributed by atoms with Gasteiger partial charge < -0.3 is 15.4 Å². The molecule has 0 aliphatic heterocycles.